The molecule has 0 N–H and O–H groups in total. The number of carbonyl (C=O) groups is 1. The summed E-state index contributed by atoms with van der Waals surface area (Å²) < 4.78 is 6.74. The summed E-state index contributed by atoms with van der Waals surface area (Å²) in [5, 5.41) is 0.693. The minimum atomic E-state index is -0.472. The lowest BCUT2D eigenvalue weighted by Gasteiger charge is -2.10. The lowest BCUT2D eigenvalue weighted by Crippen LogP contribution is -2.07. The third-order valence-corrected chi connectivity index (χ3v) is 6.20. The number of imidazole rings is 1. The van der Waals surface area contributed by atoms with E-state index in [-0.39, 0.29) is 5.69 Å². The Balaban J connectivity index is 1.57. The Morgan fingerprint density at radius 3 is 2.63 bits per heavy atom. The number of methoxy groups -OCH3 is 1. The molecule has 0 spiro atoms. The second-order valence-electron chi connectivity index (χ2n) is 6.80. The minimum absolute atomic E-state index is 0.255. The number of aryl methyl sites for hydroxylation is 1. The average Bonchev–Trinajstić information content (AvgIpc) is 3.08. The van der Waals surface area contributed by atoms with Gasteiger partial charge in [0.05, 0.1) is 13.7 Å². The van der Waals surface area contributed by atoms with Gasteiger partial charge in [0.15, 0.2) is 11.3 Å². The van der Waals surface area contributed by atoms with Gasteiger partial charge in [-0.25, -0.2) is 14.8 Å². The Morgan fingerprint density at radius 2 is 1.90 bits per heavy atom. The molecule has 4 rings (SSSR count). The molecule has 0 aliphatic heterocycles. The quantitative estimate of drug-likeness (QED) is 0.293. The Hall–Kier alpha value is -2.83. The molecule has 0 amide bonds. The van der Waals surface area contributed by atoms with Gasteiger partial charge >= 0.3 is 5.97 Å². The molecule has 7 heteroatoms. The predicted octanol–water partition coefficient (Wildman–Crippen LogP) is 5.52. The van der Waals surface area contributed by atoms with Gasteiger partial charge in [-0.15, -0.1) is 11.8 Å². The first-order valence-corrected chi connectivity index (χ1v) is 10.8. The second-order valence-corrected chi connectivity index (χ2v) is 8.26. The molecule has 0 unspecified atom stereocenters. The first-order valence-electron chi connectivity index (χ1n) is 9.42. The average molecular weight is 438 g/mol. The van der Waals surface area contributed by atoms with Crippen LogP contribution in [0.1, 0.15) is 27.4 Å². The van der Waals surface area contributed by atoms with E-state index in [1.54, 1.807) is 23.9 Å². The van der Waals surface area contributed by atoms with Crippen molar-refractivity contribution in [3.8, 4) is 0 Å². The molecule has 0 fully saturated rings. The van der Waals surface area contributed by atoms with Crippen LogP contribution < -0.4 is 0 Å². The summed E-state index contributed by atoms with van der Waals surface area (Å²) in [4.78, 5) is 22.0. The van der Waals surface area contributed by atoms with Gasteiger partial charge in [0.1, 0.15) is 11.3 Å². The van der Waals surface area contributed by atoms with Crippen molar-refractivity contribution in [3.05, 3.63) is 88.3 Å². The van der Waals surface area contributed by atoms with Crippen LogP contribution in [0, 0.1) is 6.92 Å². The number of carbonyl (C=O) groups excluding carboxylic acids is 1. The Labute approximate surface area is 184 Å². The van der Waals surface area contributed by atoms with Gasteiger partial charge in [0.2, 0.25) is 0 Å². The van der Waals surface area contributed by atoms with Gasteiger partial charge < -0.3 is 9.30 Å². The lowest BCUT2D eigenvalue weighted by molar-refractivity contribution is 0.0594. The van der Waals surface area contributed by atoms with E-state index in [0.717, 1.165) is 27.6 Å². The molecule has 0 aliphatic carbocycles. The molecule has 30 heavy (non-hydrogen) atoms. The first-order chi connectivity index (χ1) is 14.5. The number of thioether (sulfide) groups is 1. The highest BCUT2D eigenvalue weighted by Crippen LogP contribution is 2.29. The van der Waals surface area contributed by atoms with E-state index in [0.29, 0.717) is 17.2 Å². The zero-order valence-electron chi connectivity index (χ0n) is 16.6. The Morgan fingerprint density at radius 1 is 1.10 bits per heavy atom. The zero-order valence-corrected chi connectivity index (χ0v) is 18.2. The number of benzene rings is 2. The maximum absolute atomic E-state index is 11.9. The van der Waals surface area contributed by atoms with Gasteiger partial charge in [-0.05, 0) is 42.3 Å². The highest BCUT2D eigenvalue weighted by molar-refractivity contribution is 7.98. The van der Waals surface area contributed by atoms with Crippen molar-refractivity contribution in [3.63, 3.8) is 0 Å². The summed E-state index contributed by atoms with van der Waals surface area (Å²) in [6.45, 7) is 2.43. The fourth-order valence-electron chi connectivity index (χ4n) is 3.18. The summed E-state index contributed by atoms with van der Waals surface area (Å²) >= 11 is 8.34. The smallest absolute Gasteiger partial charge is 0.356 e. The molecule has 2 aromatic carbocycles. The van der Waals surface area contributed by atoms with Crippen molar-refractivity contribution >= 4 is 40.5 Å². The van der Waals surface area contributed by atoms with Crippen molar-refractivity contribution in [2.45, 2.75) is 24.1 Å². The summed E-state index contributed by atoms with van der Waals surface area (Å²) in [6.07, 6.45) is 0. The van der Waals surface area contributed by atoms with E-state index in [9.17, 15) is 4.79 Å². The summed E-state index contributed by atoms with van der Waals surface area (Å²) in [5.41, 5.74) is 3.86. The Kier molecular flexibility index (Phi) is 6.06. The normalized spacial score (nSPS) is 11.0. The molecule has 2 aromatic heterocycles. The predicted molar refractivity (Wildman–Crippen MR) is 120 cm³/mol. The number of aromatic nitrogens is 3. The fraction of sp³-hybridized carbons (Fsp3) is 0.174. The second kappa shape index (κ2) is 8.90. The largest absolute Gasteiger partial charge is 0.464 e. The summed E-state index contributed by atoms with van der Waals surface area (Å²) in [6, 6.07) is 19.8. The molecule has 0 atom stereocenters. The molecule has 0 bridgehead atoms. The number of rotatable bonds is 6. The summed E-state index contributed by atoms with van der Waals surface area (Å²) in [5.74, 6) is 1.22. The number of hydrogen-bond donors (Lipinski definition) is 0. The number of nitrogens with zero attached hydrogens (tertiary/aromatic N) is 3. The minimum Gasteiger partial charge on any atom is -0.464 e. The number of halogens is 1. The van der Waals surface area contributed by atoms with Crippen LogP contribution in [-0.2, 0) is 17.0 Å². The molecule has 152 valence electrons. The SMILES string of the molecule is COC(=O)c1ccc2nc(C)n(Cc3ccc(SCc4ccccc4)cc3Cl)c2n1. The van der Waals surface area contributed by atoms with Crippen molar-refractivity contribution < 1.29 is 9.53 Å². The molecular weight excluding hydrogens is 418 g/mol. The lowest BCUT2D eigenvalue weighted by atomic mass is 10.2. The van der Waals surface area contributed by atoms with E-state index in [2.05, 4.69) is 28.2 Å². The van der Waals surface area contributed by atoms with E-state index in [1.807, 2.05) is 41.8 Å². The van der Waals surface area contributed by atoms with E-state index < -0.39 is 5.97 Å². The van der Waals surface area contributed by atoms with Gasteiger partial charge in [-0.2, -0.15) is 0 Å². The van der Waals surface area contributed by atoms with Gasteiger partial charge in [-0.1, -0.05) is 48.0 Å². The molecular formula is C23H20ClN3O2S. The highest BCUT2D eigenvalue weighted by atomic mass is 35.5. The van der Waals surface area contributed by atoms with Crippen molar-refractivity contribution in [2.24, 2.45) is 0 Å². The van der Waals surface area contributed by atoms with Crippen LogP contribution in [0.3, 0.4) is 0 Å². The van der Waals surface area contributed by atoms with Crippen molar-refractivity contribution in [2.75, 3.05) is 7.11 Å². The number of hydrogen-bond acceptors (Lipinski definition) is 5. The number of ether oxygens (including phenoxy) is 1. The van der Waals surface area contributed by atoms with Gasteiger partial charge in [0.25, 0.3) is 0 Å². The number of fused-ring (bicyclic) bond motifs is 1. The number of esters is 1. The zero-order chi connectivity index (χ0) is 21.1. The van der Waals surface area contributed by atoms with Crippen LogP contribution in [0.25, 0.3) is 11.2 Å². The van der Waals surface area contributed by atoms with E-state index in [1.165, 1.54) is 12.7 Å². The standard InChI is InChI=1S/C23H20ClN3O2S/c1-15-25-20-10-11-21(23(28)29-2)26-22(20)27(15)13-17-8-9-18(12-19(17)24)30-14-16-6-4-3-5-7-16/h3-12H,13-14H2,1-2H3. The van der Waals surface area contributed by atoms with Gasteiger partial charge in [-0.3, -0.25) is 0 Å². The molecule has 0 radical (unpaired) electrons. The molecule has 0 saturated carbocycles. The molecule has 4 aromatic rings. The number of pyridine rings is 1. The molecule has 0 aliphatic rings. The summed E-state index contributed by atoms with van der Waals surface area (Å²) in [7, 11) is 1.34. The molecule has 0 saturated heterocycles. The third kappa shape index (κ3) is 4.35. The fourth-order valence-corrected chi connectivity index (χ4v) is 4.38. The van der Waals surface area contributed by atoms with Crippen LogP contribution in [0.2, 0.25) is 5.02 Å². The van der Waals surface area contributed by atoms with Crippen LogP contribution in [0.5, 0.6) is 0 Å². The highest BCUT2D eigenvalue weighted by Gasteiger charge is 2.15. The molecule has 5 nitrogen and oxygen atoms in total. The van der Waals surface area contributed by atoms with Crippen LogP contribution >= 0.6 is 23.4 Å². The van der Waals surface area contributed by atoms with E-state index in [4.69, 9.17) is 16.3 Å². The van der Waals surface area contributed by atoms with E-state index >= 15 is 0 Å². The van der Waals surface area contributed by atoms with Crippen LogP contribution in [-0.4, -0.2) is 27.6 Å². The van der Waals surface area contributed by atoms with Crippen LogP contribution in [0.15, 0.2) is 65.6 Å². The first kappa shape index (κ1) is 20.4. The topological polar surface area (TPSA) is 57.0 Å². The molecule has 2 heterocycles. The van der Waals surface area contributed by atoms with Gasteiger partial charge in [0, 0.05) is 15.7 Å². The maximum Gasteiger partial charge on any atom is 0.356 e. The van der Waals surface area contributed by atoms with Crippen molar-refractivity contribution in [1.29, 1.82) is 0 Å². The monoisotopic (exact) mass is 437 g/mol. The maximum atomic E-state index is 11.9. The Bertz CT molecular complexity index is 1210. The van der Waals surface area contributed by atoms with Crippen molar-refractivity contribution in [1.82, 2.24) is 14.5 Å². The van der Waals surface area contributed by atoms with Crippen LogP contribution in [0.4, 0.5) is 0 Å². The third-order valence-electron chi connectivity index (χ3n) is 4.78.